The molecule has 1 saturated heterocycles. The number of nitrogens with zero attached hydrogens (tertiary/aromatic N) is 2. The quantitative estimate of drug-likeness (QED) is 0.755. The third-order valence-corrected chi connectivity index (χ3v) is 4.74. The summed E-state index contributed by atoms with van der Waals surface area (Å²) >= 11 is 0. The van der Waals surface area contributed by atoms with Gasteiger partial charge in [0.25, 0.3) is 0 Å². The van der Waals surface area contributed by atoms with Crippen LogP contribution in [0.15, 0.2) is 0 Å². The first-order valence-corrected chi connectivity index (χ1v) is 8.61. The number of amides is 1. The average Bonchev–Trinajstić information content (AvgIpc) is 2.87. The molecule has 1 heterocycles. The van der Waals surface area contributed by atoms with Crippen molar-refractivity contribution in [2.45, 2.75) is 45.1 Å². The third kappa shape index (κ3) is 5.93. The van der Waals surface area contributed by atoms with Gasteiger partial charge in [-0.15, -0.1) is 0 Å². The Labute approximate surface area is 129 Å². The van der Waals surface area contributed by atoms with Crippen LogP contribution in [-0.2, 0) is 4.79 Å². The number of carbonyl (C=O) groups is 1. The van der Waals surface area contributed by atoms with Crippen LogP contribution in [0.4, 0.5) is 0 Å². The topological polar surface area (TPSA) is 61.6 Å². The Hall–Kier alpha value is -0.650. The summed E-state index contributed by atoms with van der Waals surface area (Å²) in [5.74, 6) is 0.771. The van der Waals surface area contributed by atoms with Crippen LogP contribution in [0.25, 0.3) is 0 Å². The van der Waals surface area contributed by atoms with Crippen LogP contribution in [0.2, 0.25) is 0 Å². The van der Waals surface area contributed by atoms with Crippen molar-refractivity contribution in [3.05, 3.63) is 0 Å². The SMILES string of the molecule is CC(CN)CN1CCCN(CC(=O)NC2CCCC2)CC1. The zero-order valence-electron chi connectivity index (χ0n) is 13.5. The second-order valence-electron chi connectivity index (χ2n) is 6.82. The molecule has 0 bridgehead atoms. The summed E-state index contributed by atoms with van der Waals surface area (Å²) in [4.78, 5) is 16.9. The maximum atomic E-state index is 12.1. The highest BCUT2D eigenvalue weighted by molar-refractivity contribution is 5.78. The minimum absolute atomic E-state index is 0.214. The van der Waals surface area contributed by atoms with Crippen LogP contribution in [0.3, 0.4) is 0 Å². The van der Waals surface area contributed by atoms with Crippen molar-refractivity contribution in [3.8, 4) is 0 Å². The van der Waals surface area contributed by atoms with Crippen molar-refractivity contribution in [1.29, 1.82) is 0 Å². The minimum atomic E-state index is 0.214. The molecule has 0 aromatic heterocycles. The molecular weight excluding hydrogens is 264 g/mol. The largest absolute Gasteiger partial charge is 0.352 e. The van der Waals surface area contributed by atoms with Crippen LogP contribution in [-0.4, -0.2) is 67.6 Å². The van der Waals surface area contributed by atoms with Gasteiger partial charge in [0.05, 0.1) is 6.54 Å². The van der Waals surface area contributed by atoms with Crippen molar-refractivity contribution in [2.75, 3.05) is 45.8 Å². The van der Waals surface area contributed by atoms with Crippen molar-refractivity contribution < 1.29 is 4.79 Å². The highest BCUT2D eigenvalue weighted by atomic mass is 16.2. The first-order chi connectivity index (χ1) is 10.2. The van der Waals surface area contributed by atoms with Gasteiger partial charge in [-0.05, 0) is 44.8 Å². The molecule has 21 heavy (non-hydrogen) atoms. The number of rotatable bonds is 6. The Morgan fingerprint density at radius 2 is 1.81 bits per heavy atom. The van der Waals surface area contributed by atoms with Crippen molar-refractivity contribution in [3.63, 3.8) is 0 Å². The van der Waals surface area contributed by atoms with Gasteiger partial charge in [0.15, 0.2) is 0 Å². The first-order valence-electron chi connectivity index (χ1n) is 8.61. The van der Waals surface area contributed by atoms with Gasteiger partial charge in [0.2, 0.25) is 5.91 Å². The molecule has 1 atom stereocenters. The van der Waals surface area contributed by atoms with E-state index in [9.17, 15) is 4.79 Å². The van der Waals surface area contributed by atoms with E-state index < -0.39 is 0 Å². The molecule has 122 valence electrons. The second kappa shape index (κ2) is 8.71. The molecule has 0 spiro atoms. The summed E-state index contributed by atoms with van der Waals surface area (Å²) in [6.07, 6.45) is 6.01. The number of nitrogens with two attached hydrogens (primary N) is 1. The molecule has 5 heteroatoms. The van der Waals surface area contributed by atoms with E-state index in [1.165, 1.54) is 12.8 Å². The second-order valence-corrected chi connectivity index (χ2v) is 6.82. The lowest BCUT2D eigenvalue weighted by atomic mass is 10.1. The van der Waals surface area contributed by atoms with E-state index in [2.05, 4.69) is 22.0 Å². The molecule has 1 unspecified atom stereocenters. The average molecular weight is 296 g/mol. The van der Waals surface area contributed by atoms with Crippen LogP contribution in [0.1, 0.15) is 39.0 Å². The Kier molecular flexibility index (Phi) is 6.93. The predicted octanol–water partition coefficient (Wildman–Crippen LogP) is 0.648. The van der Waals surface area contributed by atoms with Gasteiger partial charge in [-0.2, -0.15) is 0 Å². The minimum Gasteiger partial charge on any atom is -0.352 e. The van der Waals surface area contributed by atoms with Crippen LogP contribution >= 0.6 is 0 Å². The molecule has 2 aliphatic rings. The molecule has 1 amide bonds. The standard InChI is InChI=1S/C16H32N4O/c1-14(11-17)12-19-7-4-8-20(10-9-19)13-16(21)18-15-5-2-3-6-15/h14-15H,2-13,17H2,1H3,(H,18,21). The van der Waals surface area contributed by atoms with E-state index in [0.29, 0.717) is 18.5 Å². The van der Waals surface area contributed by atoms with E-state index in [1.807, 2.05) is 0 Å². The Bertz CT molecular complexity index is 317. The van der Waals surface area contributed by atoms with Crippen LogP contribution in [0, 0.1) is 5.92 Å². The number of hydrogen-bond donors (Lipinski definition) is 2. The summed E-state index contributed by atoms with van der Waals surface area (Å²) in [6.45, 7) is 8.82. The number of nitrogens with one attached hydrogen (secondary N) is 1. The summed E-state index contributed by atoms with van der Waals surface area (Å²) < 4.78 is 0. The van der Waals surface area contributed by atoms with Gasteiger partial charge < -0.3 is 16.0 Å². The van der Waals surface area contributed by atoms with Gasteiger partial charge in [0.1, 0.15) is 0 Å². The molecule has 2 rings (SSSR count). The monoisotopic (exact) mass is 296 g/mol. The predicted molar refractivity (Wildman–Crippen MR) is 86.1 cm³/mol. The normalized spacial score (nSPS) is 23.9. The van der Waals surface area contributed by atoms with Crippen LogP contribution < -0.4 is 11.1 Å². The van der Waals surface area contributed by atoms with Crippen molar-refractivity contribution in [1.82, 2.24) is 15.1 Å². The zero-order valence-corrected chi connectivity index (χ0v) is 13.5. The smallest absolute Gasteiger partial charge is 0.234 e. The van der Waals surface area contributed by atoms with Gasteiger partial charge >= 0.3 is 0 Å². The molecule has 1 aliphatic carbocycles. The van der Waals surface area contributed by atoms with Gasteiger partial charge in [0, 0.05) is 25.7 Å². The summed E-state index contributed by atoms with van der Waals surface area (Å²) in [5.41, 5.74) is 5.71. The van der Waals surface area contributed by atoms with E-state index in [4.69, 9.17) is 5.73 Å². The lowest BCUT2D eigenvalue weighted by Crippen LogP contribution is -2.42. The maximum absolute atomic E-state index is 12.1. The lowest BCUT2D eigenvalue weighted by Gasteiger charge is -2.24. The molecule has 0 radical (unpaired) electrons. The van der Waals surface area contributed by atoms with E-state index in [1.54, 1.807) is 0 Å². The number of carbonyl (C=O) groups excluding carboxylic acids is 1. The molecule has 0 aromatic carbocycles. The Morgan fingerprint density at radius 1 is 1.14 bits per heavy atom. The lowest BCUT2D eigenvalue weighted by molar-refractivity contribution is -0.122. The molecule has 1 aliphatic heterocycles. The molecule has 0 aromatic rings. The molecular formula is C16H32N4O. The van der Waals surface area contributed by atoms with E-state index in [-0.39, 0.29) is 5.91 Å². The maximum Gasteiger partial charge on any atom is 0.234 e. The van der Waals surface area contributed by atoms with Gasteiger partial charge in [-0.1, -0.05) is 19.8 Å². The third-order valence-electron chi connectivity index (χ3n) is 4.74. The highest BCUT2D eigenvalue weighted by Crippen LogP contribution is 2.17. The molecule has 1 saturated carbocycles. The fourth-order valence-corrected chi connectivity index (χ4v) is 3.43. The van der Waals surface area contributed by atoms with Crippen LogP contribution in [0.5, 0.6) is 0 Å². The van der Waals surface area contributed by atoms with Gasteiger partial charge in [-0.3, -0.25) is 9.69 Å². The zero-order chi connectivity index (χ0) is 15.1. The Morgan fingerprint density at radius 3 is 2.52 bits per heavy atom. The molecule has 2 fully saturated rings. The number of hydrogen-bond acceptors (Lipinski definition) is 4. The summed E-state index contributed by atoms with van der Waals surface area (Å²) in [6, 6.07) is 0.436. The van der Waals surface area contributed by atoms with E-state index >= 15 is 0 Å². The Balaban J connectivity index is 1.68. The molecule has 3 N–H and O–H groups in total. The van der Waals surface area contributed by atoms with Crippen molar-refractivity contribution in [2.24, 2.45) is 11.7 Å². The van der Waals surface area contributed by atoms with Gasteiger partial charge in [-0.25, -0.2) is 0 Å². The summed E-state index contributed by atoms with van der Waals surface area (Å²) in [5, 5.41) is 3.19. The van der Waals surface area contributed by atoms with E-state index in [0.717, 1.165) is 58.5 Å². The molecule has 5 nitrogen and oxygen atoms in total. The summed E-state index contributed by atoms with van der Waals surface area (Å²) in [7, 11) is 0. The first kappa shape index (κ1) is 16.7. The van der Waals surface area contributed by atoms with Crippen molar-refractivity contribution >= 4 is 5.91 Å². The fraction of sp³-hybridized carbons (Fsp3) is 0.938. The fourth-order valence-electron chi connectivity index (χ4n) is 3.43. The highest BCUT2D eigenvalue weighted by Gasteiger charge is 2.21.